The molecule has 0 unspecified atom stereocenters. The molecule has 1 fully saturated rings. The molecule has 0 radical (unpaired) electrons. The smallest absolute Gasteiger partial charge is 0.143 e. The highest BCUT2D eigenvalue weighted by molar-refractivity contribution is 9.10. The fourth-order valence-corrected chi connectivity index (χ4v) is 3.38. The lowest BCUT2D eigenvalue weighted by Gasteiger charge is -2.25. The van der Waals surface area contributed by atoms with Crippen molar-refractivity contribution in [2.45, 2.75) is 31.1 Å². The summed E-state index contributed by atoms with van der Waals surface area (Å²) in [5.74, 6) is 0.455. The fraction of sp³-hybridized carbons (Fsp3) is 0.417. The molecule has 0 amide bonds. The number of ketones is 1. The second kappa shape index (κ2) is 2.69. The van der Waals surface area contributed by atoms with E-state index in [9.17, 15) is 4.79 Å². The van der Waals surface area contributed by atoms with Crippen molar-refractivity contribution in [1.29, 1.82) is 0 Å². The first-order chi connectivity index (χ1) is 6.74. The second-order valence-corrected chi connectivity index (χ2v) is 5.13. The molecule has 1 aromatic rings. The number of hydrogen-bond acceptors (Lipinski definition) is 1. The van der Waals surface area contributed by atoms with E-state index in [1.54, 1.807) is 0 Å². The van der Waals surface area contributed by atoms with Crippen molar-refractivity contribution < 1.29 is 4.79 Å². The molecule has 2 aliphatic rings. The highest BCUT2D eigenvalue weighted by Gasteiger charge is 2.53. The van der Waals surface area contributed by atoms with Gasteiger partial charge in [-0.1, -0.05) is 28.1 Å². The first-order valence-corrected chi connectivity index (χ1v) is 5.84. The van der Waals surface area contributed by atoms with Crippen LogP contribution >= 0.6 is 15.9 Å². The van der Waals surface area contributed by atoms with Crippen LogP contribution in [0.3, 0.4) is 0 Å². The molecule has 72 valence electrons. The van der Waals surface area contributed by atoms with Crippen molar-refractivity contribution in [2.24, 2.45) is 0 Å². The Bertz CT molecular complexity index is 418. The second-order valence-electron chi connectivity index (χ2n) is 4.28. The van der Waals surface area contributed by atoms with Crippen LogP contribution in [0.2, 0.25) is 0 Å². The Labute approximate surface area is 91.6 Å². The monoisotopic (exact) mass is 250 g/mol. The lowest BCUT2D eigenvalue weighted by atomic mass is 9.79. The number of rotatable bonds is 0. The number of fused-ring (bicyclic) bond motifs is 2. The van der Waals surface area contributed by atoms with Crippen LogP contribution in [0.15, 0.2) is 22.7 Å². The number of carbonyl (C=O) groups is 1. The SMILES string of the molecule is O=C1CCc2cccc(Br)c2C12CC2. The van der Waals surface area contributed by atoms with Crippen molar-refractivity contribution in [1.82, 2.24) is 0 Å². The van der Waals surface area contributed by atoms with Crippen LogP contribution in [-0.4, -0.2) is 5.78 Å². The summed E-state index contributed by atoms with van der Waals surface area (Å²) in [6.45, 7) is 0. The van der Waals surface area contributed by atoms with Crippen LogP contribution in [0.1, 0.15) is 30.4 Å². The zero-order chi connectivity index (χ0) is 9.76. The van der Waals surface area contributed by atoms with Crippen molar-refractivity contribution in [3.63, 3.8) is 0 Å². The summed E-state index contributed by atoms with van der Waals surface area (Å²) >= 11 is 3.57. The molecular weight excluding hydrogens is 240 g/mol. The van der Waals surface area contributed by atoms with E-state index in [0.717, 1.165) is 30.2 Å². The van der Waals surface area contributed by atoms with Crippen LogP contribution in [-0.2, 0) is 16.6 Å². The molecule has 0 atom stereocenters. The van der Waals surface area contributed by atoms with Gasteiger partial charge in [-0.05, 0) is 36.5 Å². The topological polar surface area (TPSA) is 17.1 Å². The molecular formula is C12H11BrO. The Morgan fingerprint density at radius 3 is 2.71 bits per heavy atom. The Morgan fingerprint density at radius 2 is 2.00 bits per heavy atom. The maximum atomic E-state index is 11.9. The summed E-state index contributed by atoms with van der Waals surface area (Å²) in [4.78, 5) is 11.9. The van der Waals surface area contributed by atoms with Gasteiger partial charge in [0.15, 0.2) is 0 Å². The predicted octanol–water partition coefficient (Wildman–Crippen LogP) is 3.00. The Morgan fingerprint density at radius 1 is 1.21 bits per heavy atom. The van der Waals surface area contributed by atoms with Crippen LogP contribution < -0.4 is 0 Å². The zero-order valence-electron chi connectivity index (χ0n) is 7.85. The van der Waals surface area contributed by atoms with Crippen molar-refractivity contribution in [3.05, 3.63) is 33.8 Å². The fourth-order valence-electron chi connectivity index (χ4n) is 2.59. The van der Waals surface area contributed by atoms with E-state index in [1.807, 2.05) is 0 Å². The zero-order valence-corrected chi connectivity index (χ0v) is 9.43. The van der Waals surface area contributed by atoms with Crippen LogP contribution in [0.4, 0.5) is 0 Å². The minimum atomic E-state index is -0.0757. The summed E-state index contributed by atoms with van der Waals surface area (Å²) in [6.07, 6.45) is 3.78. The summed E-state index contributed by atoms with van der Waals surface area (Å²) in [6, 6.07) is 6.28. The van der Waals surface area contributed by atoms with Gasteiger partial charge in [0.1, 0.15) is 5.78 Å². The van der Waals surface area contributed by atoms with E-state index in [1.165, 1.54) is 11.1 Å². The molecule has 0 aromatic heterocycles. The maximum absolute atomic E-state index is 11.9. The van der Waals surface area contributed by atoms with Gasteiger partial charge in [0.2, 0.25) is 0 Å². The minimum Gasteiger partial charge on any atom is -0.299 e. The molecule has 0 heterocycles. The summed E-state index contributed by atoms with van der Waals surface area (Å²) in [5.41, 5.74) is 2.58. The van der Waals surface area contributed by atoms with E-state index < -0.39 is 0 Å². The van der Waals surface area contributed by atoms with Gasteiger partial charge in [0.25, 0.3) is 0 Å². The molecule has 2 aliphatic carbocycles. The van der Waals surface area contributed by atoms with Gasteiger partial charge in [0, 0.05) is 10.9 Å². The van der Waals surface area contributed by atoms with Gasteiger partial charge in [0.05, 0.1) is 5.41 Å². The number of hydrogen-bond donors (Lipinski definition) is 0. The van der Waals surface area contributed by atoms with Crippen LogP contribution in [0, 0.1) is 0 Å². The molecule has 2 heteroatoms. The van der Waals surface area contributed by atoms with Crippen LogP contribution in [0.25, 0.3) is 0 Å². The molecule has 0 aliphatic heterocycles. The van der Waals surface area contributed by atoms with E-state index in [4.69, 9.17) is 0 Å². The average molecular weight is 251 g/mol. The number of halogens is 1. The molecule has 1 nitrogen and oxygen atoms in total. The molecule has 1 aromatic carbocycles. The molecule has 0 N–H and O–H groups in total. The summed E-state index contributed by atoms with van der Waals surface area (Å²) in [5, 5.41) is 0. The van der Waals surface area contributed by atoms with Gasteiger partial charge in [-0.2, -0.15) is 0 Å². The lowest BCUT2D eigenvalue weighted by Crippen LogP contribution is -2.27. The minimum absolute atomic E-state index is 0.0757. The maximum Gasteiger partial charge on any atom is 0.143 e. The molecule has 0 saturated heterocycles. The summed E-state index contributed by atoms with van der Waals surface area (Å²) in [7, 11) is 0. The highest BCUT2D eigenvalue weighted by atomic mass is 79.9. The normalized spacial score (nSPS) is 22.2. The number of benzene rings is 1. The standard InChI is InChI=1S/C12H11BrO/c13-9-3-1-2-8-4-5-10(14)12(6-7-12)11(8)9/h1-3H,4-7H2. The molecule has 0 bridgehead atoms. The average Bonchev–Trinajstić information content (AvgIpc) is 2.94. The molecule has 1 spiro atoms. The van der Waals surface area contributed by atoms with E-state index in [-0.39, 0.29) is 5.41 Å². The highest BCUT2D eigenvalue weighted by Crippen LogP contribution is 2.55. The number of Topliss-reactive ketones (excluding diaryl/α,β-unsaturated/α-hetero) is 1. The Hall–Kier alpha value is -0.630. The van der Waals surface area contributed by atoms with Gasteiger partial charge in [-0.15, -0.1) is 0 Å². The van der Waals surface area contributed by atoms with Crippen molar-refractivity contribution >= 4 is 21.7 Å². The quantitative estimate of drug-likeness (QED) is 0.692. The summed E-state index contributed by atoms with van der Waals surface area (Å²) < 4.78 is 1.13. The van der Waals surface area contributed by atoms with Crippen molar-refractivity contribution in [3.8, 4) is 0 Å². The third-order valence-corrected chi connectivity index (χ3v) is 4.14. The van der Waals surface area contributed by atoms with Gasteiger partial charge < -0.3 is 0 Å². The lowest BCUT2D eigenvalue weighted by molar-refractivity contribution is -0.121. The van der Waals surface area contributed by atoms with Crippen molar-refractivity contribution in [2.75, 3.05) is 0 Å². The Kier molecular flexibility index (Phi) is 1.67. The predicted molar refractivity (Wildman–Crippen MR) is 58.4 cm³/mol. The number of carbonyl (C=O) groups excluding carboxylic acids is 1. The first kappa shape index (κ1) is 8.66. The first-order valence-electron chi connectivity index (χ1n) is 5.05. The van der Waals surface area contributed by atoms with Crippen LogP contribution in [0.5, 0.6) is 0 Å². The van der Waals surface area contributed by atoms with Gasteiger partial charge in [-0.3, -0.25) is 4.79 Å². The van der Waals surface area contributed by atoms with E-state index >= 15 is 0 Å². The van der Waals surface area contributed by atoms with Gasteiger partial charge >= 0.3 is 0 Å². The largest absolute Gasteiger partial charge is 0.299 e. The number of aryl methyl sites for hydroxylation is 1. The van der Waals surface area contributed by atoms with E-state index in [0.29, 0.717) is 5.78 Å². The Balaban J connectivity index is 2.25. The third-order valence-electron chi connectivity index (χ3n) is 3.48. The molecule has 3 rings (SSSR count). The third kappa shape index (κ3) is 0.977. The van der Waals surface area contributed by atoms with E-state index in [2.05, 4.69) is 34.1 Å². The molecule has 1 saturated carbocycles. The molecule has 14 heavy (non-hydrogen) atoms. The van der Waals surface area contributed by atoms with Gasteiger partial charge in [-0.25, -0.2) is 0 Å².